The second-order valence-corrected chi connectivity index (χ2v) is 6.66. The molecule has 5 aromatic rings. The van der Waals surface area contributed by atoms with Crippen LogP contribution in [0.4, 0.5) is 5.82 Å². The summed E-state index contributed by atoms with van der Waals surface area (Å²) in [5.74, 6) is 1.30. The van der Waals surface area contributed by atoms with Crippen LogP contribution in [0.15, 0.2) is 64.1 Å². The fourth-order valence-corrected chi connectivity index (χ4v) is 3.54. The number of hydrogen-bond acceptors (Lipinski definition) is 7. The van der Waals surface area contributed by atoms with Gasteiger partial charge in [-0.3, -0.25) is 9.97 Å². The molecular weight excluding hydrogens is 382 g/mol. The van der Waals surface area contributed by atoms with Gasteiger partial charge in [-0.1, -0.05) is 12.1 Å². The predicted molar refractivity (Wildman–Crippen MR) is 115 cm³/mol. The first kappa shape index (κ1) is 17.9. The minimum absolute atomic E-state index is 0.494. The van der Waals surface area contributed by atoms with E-state index in [-0.39, 0.29) is 0 Å². The average Bonchev–Trinajstić information content (AvgIpc) is 3.18. The molecule has 0 aliphatic rings. The Morgan fingerprint density at radius 3 is 2.77 bits per heavy atom. The van der Waals surface area contributed by atoms with Crippen LogP contribution in [0, 0.1) is 0 Å². The molecule has 3 heterocycles. The van der Waals surface area contributed by atoms with E-state index < -0.39 is 5.76 Å². The number of rotatable bonds is 4. The molecular formula is C22H17N5O3. The van der Waals surface area contributed by atoms with Crippen LogP contribution < -0.4 is 15.8 Å². The molecule has 0 aliphatic carbocycles. The molecule has 0 bridgehead atoms. The summed E-state index contributed by atoms with van der Waals surface area (Å²) in [6.45, 7) is 0. The summed E-state index contributed by atoms with van der Waals surface area (Å²) >= 11 is 0. The second kappa shape index (κ2) is 7.00. The summed E-state index contributed by atoms with van der Waals surface area (Å²) < 4.78 is 10.9. The normalized spacial score (nSPS) is 11.1. The number of H-pyrrole nitrogens is 1. The van der Waals surface area contributed by atoms with Crippen LogP contribution in [0.2, 0.25) is 0 Å². The third-order valence-electron chi connectivity index (χ3n) is 4.91. The van der Waals surface area contributed by atoms with E-state index in [1.807, 2.05) is 43.4 Å². The van der Waals surface area contributed by atoms with E-state index in [4.69, 9.17) is 14.1 Å². The fourth-order valence-electron chi connectivity index (χ4n) is 3.54. The van der Waals surface area contributed by atoms with E-state index in [1.165, 1.54) is 0 Å². The van der Waals surface area contributed by atoms with Crippen molar-refractivity contribution in [3.05, 3.63) is 65.4 Å². The standard InChI is InChI=1S/C22H17N5O3/c1-23-21-15-9-13(14-6-3-7-16-18(14)26-22(28)30-16)10-17(29-2)19(15)25-20(27-21)12-5-4-8-24-11-12/h3-11H,1-2H3,(H,26,28)(H,23,25,27). The Balaban J connectivity index is 1.79. The van der Waals surface area contributed by atoms with Crippen molar-refractivity contribution in [1.82, 2.24) is 19.9 Å². The Hall–Kier alpha value is -4.20. The number of aromatic nitrogens is 4. The zero-order chi connectivity index (χ0) is 20.7. The van der Waals surface area contributed by atoms with E-state index in [9.17, 15) is 4.79 Å². The van der Waals surface area contributed by atoms with Gasteiger partial charge >= 0.3 is 5.76 Å². The lowest BCUT2D eigenvalue weighted by Crippen LogP contribution is -2.01. The molecule has 30 heavy (non-hydrogen) atoms. The molecule has 0 aliphatic heterocycles. The minimum Gasteiger partial charge on any atom is -0.494 e. The van der Waals surface area contributed by atoms with E-state index >= 15 is 0 Å². The number of oxazole rings is 1. The molecule has 3 aromatic heterocycles. The van der Waals surface area contributed by atoms with Crippen molar-refractivity contribution in [3.8, 4) is 28.3 Å². The SMILES string of the molecule is CNc1nc(-c2cccnc2)nc2c(OC)cc(-c3cccc4oc(=O)[nH]c34)cc12. The lowest BCUT2D eigenvalue weighted by molar-refractivity contribution is 0.419. The molecule has 0 radical (unpaired) electrons. The number of ether oxygens (including phenoxy) is 1. The highest BCUT2D eigenvalue weighted by Crippen LogP contribution is 2.37. The van der Waals surface area contributed by atoms with Gasteiger partial charge in [0.2, 0.25) is 0 Å². The van der Waals surface area contributed by atoms with Crippen molar-refractivity contribution in [2.45, 2.75) is 0 Å². The van der Waals surface area contributed by atoms with Gasteiger partial charge in [0.15, 0.2) is 11.4 Å². The summed E-state index contributed by atoms with van der Waals surface area (Å²) in [6.07, 6.45) is 3.43. The average molecular weight is 399 g/mol. The Morgan fingerprint density at radius 2 is 2.00 bits per heavy atom. The summed E-state index contributed by atoms with van der Waals surface area (Å²) in [4.78, 5) is 28.0. The van der Waals surface area contributed by atoms with Gasteiger partial charge in [-0.2, -0.15) is 0 Å². The highest BCUT2D eigenvalue weighted by Gasteiger charge is 2.17. The van der Waals surface area contributed by atoms with E-state index in [0.29, 0.717) is 34.0 Å². The maximum Gasteiger partial charge on any atom is 0.417 e. The van der Waals surface area contributed by atoms with E-state index in [2.05, 4.69) is 20.3 Å². The molecule has 8 heteroatoms. The lowest BCUT2D eigenvalue weighted by atomic mass is 10.0. The molecule has 0 unspecified atom stereocenters. The van der Waals surface area contributed by atoms with E-state index in [0.717, 1.165) is 22.1 Å². The molecule has 8 nitrogen and oxygen atoms in total. The number of para-hydroxylation sites is 1. The number of aromatic amines is 1. The first-order valence-electron chi connectivity index (χ1n) is 9.28. The zero-order valence-corrected chi connectivity index (χ0v) is 16.3. The molecule has 0 saturated heterocycles. The molecule has 148 valence electrons. The Labute approximate surface area is 170 Å². The number of nitrogens with one attached hydrogen (secondary N) is 2. The molecule has 2 N–H and O–H groups in total. The third kappa shape index (κ3) is 2.86. The summed E-state index contributed by atoms with van der Waals surface area (Å²) in [5.41, 5.74) is 4.26. The summed E-state index contributed by atoms with van der Waals surface area (Å²) in [5, 5.41) is 3.94. The Bertz CT molecular complexity index is 1440. The van der Waals surface area contributed by atoms with Crippen molar-refractivity contribution in [2.24, 2.45) is 0 Å². The van der Waals surface area contributed by atoms with Crippen molar-refractivity contribution in [1.29, 1.82) is 0 Å². The second-order valence-electron chi connectivity index (χ2n) is 6.66. The van der Waals surface area contributed by atoms with Gasteiger partial charge in [-0.15, -0.1) is 0 Å². The van der Waals surface area contributed by atoms with Crippen molar-refractivity contribution in [2.75, 3.05) is 19.5 Å². The van der Waals surface area contributed by atoms with Gasteiger partial charge in [0.1, 0.15) is 17.1 Å². The van der Waals surface area contributed by atoms with Crippen molar-refractivity contribution < 1.29 is 9.15 Å². The molecule has 0 spiro atoms. The molecule has 5 rings (SSSR count). The summed E-state index contributed by atoms with van der Waals surface area (Å²) in [7, 11) is 3.41. The van der Waals surface area contributed by atoms with Crippen LogP contribution in [0.1, 0.15) is 0 Å². The first-order valence-corrected chi connectivity index (χ1v) is 9.28. The Morgan fingerprint density at radius 1 is 1.10 bits per heavy atom. The van der Waals surface area contributed by atoms with Crippen LogP contribution in [0.25, 0.3) is 44.5 Å². The molecule has 0 atom stereocenters. The minimum atomic E-state index is -0.495. The molecule has 2 aromatic carbocycles. The van der Waals surface area contributed by atoms with Crippen molar-refractivity contribution in [3.63, 3.8) is 0 Å². The van der Waals surface area contributed by atoms with Gasteiger partial charge in [-0.25, -0.2) is 14.8 Å². The van der Waals surface area contributed by atoms with Crippen molar-refractivity contribution >= 4 is 27.8 Å². The van der Waals surface area contributed by atoms with Crippen LogP contribution in [-0.2, 0) is 0 Å². The largest absolute Gasteiger partial charge is 0.494 e. The number of methoxy groups -OCH3 is 1. The summed E-state index contributed by atoms with van der Waals surface area (Å²) in [6, 6.07) is 13.1. The van der Waals surface area contributed by atoms with Crippen LogP contribution in [0.3, 0.4) is 0 Å². The van der Waals surface area contributed by atoms with Crippen LogP contribution >= 0.6 is 0 Å². The monoisotopic (exact) mass is 399 g/mol. The molecule has 0 amide bonds. The highest BCUT2D eigenvalue weighted by molar-refractivity contribution is 6.00. The molecule has 0 saturated carbocycles. The van der Waals surface area contributed by atoms with Crippen LogP contribution in [-0.4, -0.2) is 34.1 Å². The van der Waals surface area contributed by atoms with Gasteiger partial charge in [0.25, 0.3) is 0 Å². The van der Waals surface area contributed by atoms with Gasteiger partial charge in [-0.05, 0) is 35.9 Å². The Kier molecular flexibility index (Phi) is 4.17. The number of fused-ring (bicyclic) bond motifs is 2. The molecule has 0 fully saturated rings. The number of pyridine rings is 1. The van der Waals surface area contributed by atoms with E-state index in [1.54, 1.807) is 25.6 Å². The predicted octanol–water partition coefficient (Wildman–Crippen LogP) is 3.84. The smallest absolute Gasteiger partial charge is 0.417 e. The number of nitrogens with zero attached hydrogens (tertiary/aromatic N) is 3. The first-order chi connectivity index (χ1) is 14.7. The maximum absolute atomic E-state index is 11.7. The third-order valence-corrected chi connectivity index (χ3v) is 4.91. The van der Waals surface area contributed by atoms with Gasteiger partial charge in [0.05, 0.1) is 12.6 Å². The topological polar surface area (TPSA) is 106 Å². The van der Waals surface area contributed by atoms with Gasteiger partial charge in [0, 0.05) is 36.0 Å². The fraction of sp³-hybridized carbons (Fsp3) is 0.0909. The highest BCUT2D eigenvalue weighted by atomic mass is 16.5. The van der Waals surface area contributed by atoms with Crippen LogP contribution in [0.5, 0.6) is 5.75 Å². The number of anilines is 1. The zero-order valence-electron chi connectivity index (χ0n) is 16.3. The number of hydrogen-bond donors (Lipinski definition) is 2. The number of benzene rings is 2. The maximum atomic E-state index is 11.7. The quantitative estimate of drug-likeness (QED) is 0.473. The van der Waals surface area contributed by atoms with Gasteiger partial charge < -0.3 is 14.5 Å². The lowest BCUT2D eigenvalue weighted by Gasteiger charge is -2.13.